The molecule has 0 saturated heterocycles. The Morgan fingerprint density at radius 2 is 2.06 bits per heavy atom. The second-order valence-corrected chi connectivity index (χ2v) is 4.20. The first-order valence-corrected chi connectivity index (χ1v) is 6.62. The van der Waals surface area contributed by atoms with Crippen molar-refractivity contribution in [2.24, 2.45) is 0 Å². The molecule has 0 unspecified atom stereocenters. The number of nitrogens with zero attached hydrogens (tertiary/aromatic N) is 3. The Kier molecular flexibility index (Phi) is 6.82. The molecular weight excluding hydrogens is 224 g/mol. The van der Waals surface area contributed by atoms with Crippen molar-refractivity contribution in [3.8, 4) is 6.07 Å². The van der Waals surface area contributed by atoms with Gasteiger partial charge in [0, 0.05) is 12.7 Å². The molecule has 0 saturated carbocycles. The van der Waals surface area contributed by atoms with Crippen LogP contribution in [0.5, 0.6) is 0 Å². The van der Waals surface area contributed by atoms with E-state index in [2.05, 4.69) is 35.1 Å². The van der Waals surface area contributed by atoms with Crippen molar-refractivity contribution in [2.75, 3.05) is 31.5 Å². The monoisotopic (exact) mass is 246 g/mol. The minimum absolute atomic E-state index is 0.599. The van der Waals surface area contributed by atoms with E-state index < -0.39 is 0 Å². The SMILES string of the molecule is CCN(CC)CCCCNc1ccc(C#N)cn1. The Morgan fingerprint density at radius 1 is 1.28 bits per heavy atom. The molecule has 0 bridgehead atoms. The lowest BCUT2D eigenvalue weighted by molar-refractivity contribution is 0.298. The number of pyridine rings is 1. The minimum atomic E-state index is 0.599. The summed E-state index contributed by atoms with van der Waals surface area (Å²) in [5, 5.41) is 11.9. The molecule has 0 aromatic carbocycles. The number of anilines is 1. The maximum atomic E-state index is 8.66. The van der Waals surface area contributed by atoms with E-state index >= 15 is 0 Å². The van der Waals surface area contributed by atoms with Crippen LogP contribution < -0.4 is 5.32 Å². The van der Waals surface area contributed by atoms with E-state index in [1.165, 1.54) is 6.42 Å². The van der Waals surface area contributed by atoms with Crippen molar-refractivity contribution in [1.82, 2.24) is 9.88 Å². The van der Waals surface area contributed by atoms with Gasteiger partial charge in [0.1, 0.15) is 11.9 Å². The van der Waals surface area contributed by atoms with E-state index in [1.54, 1.807) is 12.3 Å². The Bertz CT molecular complexity index is 362. The smallest absolute Gasteiger partial charge is 0.125 e. The topological polar surface area (TPSA) is 52.0 Å². The van der Waals surface area contributed by atoms with E-state index in [-0.39, 0.29) is 0 Å². The molecule has 0 aliphatic heterocycles. The Hall–Kier alpha value is -1.60. The van der Waals surface area contributed by atoms with Gasteiger partial charge in [-0.15, -0.1) is 0 Å². The first-order valence-electron chi connectivity index (χ1n) is 6.62. The van der Waals surface area contributed by atoms with Gasteiger partial charge in [0.15, 0.2) is 0 Å². The van der Waals surface area contributed by atoms with Crippen LogP contribution in [0.3, 0.4) is 0 Å². The summed E-state index contributed by atoms with van der Waals surface area (Å²) in [6.45, 7) is 8.74. The highest BCUT2D eigenvalue weighted by Crippen LogP contribution is 2.04. The predicted octanol–water partition coefficient (Wildman–Crippen LogP) is 2.49. The third-order valence-electron chi connectivity index (χ3n) is 2.99. The van der Waals surface area contributed by atoms with Crippen LogP contribution in [0.1, 0.15) is 32.3 Å². The highest BCUT2D eigenvalue weighted by Gasteiger charge is 1.98. The number of unbranched alkanes of at least 4 members (excludes halogenated alkanes) is 1. The van der Waals surface area contributed by atoms with Gasteiger partial charge in [-0.1, -0.05) is 13.8 Å². The molecule has 0 atom stereocenters. The summed E-state index contributed by atoms with van der Waals surface area (Å²) >= 11 is 0. The van der Waals surface area contributed by atoms with Crippen molar-refractivity contribution >= 4 is 5.82 Å². The van der Waals surface area contributed by atoms with Crippen LogP contribution in [0.15, 0.2) is 18.3 Å². The summed E-state index contributed by atoms with van der Waals surface area (Å²) in [4.78, 5) is 6.60. The minimum Gasteiger partial charge on any atom is -0.370 e. The van der Waals surface area contributed by atoms with E-state index in [1.807, 2.05) is 6.07 Å². The van der Waals surface area contributed by atoms with Gasteiger partial charge in [0.05, 0.1) is 5.56 Å². The van der Waals surface area contributed by atoms with Gasteiger partial charge in [-0.05, 0) is 44.6 Å². The van der Waals surface area contributed by atoms with E-state index in [4.69, 9.17) is 5.26 Å². The third-order valence-corrected chi connectivity index (χ3v) is 2.99. The zero-order valence-corrected chi connectivity index (χ0v) is 11.3. The second-order valence-electron chi connectivity index (χ2n) is 4.20. The third kappa shape index (κ3) is 5.15. The van der Waals surface area contributed by atoms with Gasteiger partial charge in [0.2, 0.25) is 0 Å². The lowest BCUT2D eigenvalue weighted by Crippen LogP contribution is -2.24. The average molecular weight is 246 g/mol. The van der Waals surface area contributed by atoms with Gasteiger partial charge in [-0.3, -0.25) is 0 Å². The van der Waals surface area contributed by atoms with Crippen LogP contribution in [-0.4, -0.2) is 36.1 Å². The number of hydrogen-bond donors (Lipinski definition) is 1. The highest BCUT2D eigenvalue weighted by molar-refractivity contribution is 5.38. The maximum Gasteiger partial charge on any atom is 0.125 e. The fraction of sp³-hybridized carbons (Fsp3) is 0.571. The van der Waals surface area contributed by atoms with Crippen molar-refractivity contribution in [2.45, 2.75) is 26.7 Å². The fourth-order valence-corrected chi connectivity index (χ4v) is 1.78. The van der Waals surface area contributed by atoms with Gasteiger partial charge in [-0.2, -0.15) is 5.26 Å². The molecule has 1 aromatic heterocycles. The zero-order chi connectivity index (χ0) is 13.2. The maximum absolute atomic E-state index is 8.66. The standard InChI is InChI=1S/C14H22N4/c1-3-18(4-2)10-6-5-9-16-14-8-7-13(11-15)12-17-14/h7-8,12H,3-6,9-10H2,1-2H3,(H,16,17). The molecule has 1 heterocycles. The van der Waals surface area contributed by atoms with Crippen LogP contribution in [-0.2, 0) is 0 Å². The quantitative estimate of drug-likeness (QED) is 0.716. The predicted molar refractivity (Wildman–Crippen MR) is 74.5 cm³/mol. The molecule has 0 radical (unpaired) electrons. The van der Waals surface area contributed by atoms with Crippen molar-refractivity contribution in [3.05, 3.63) is 23.9 Å². The largest absolute Gasteiger partial charge is 0.370 e. The summed E-state index contributed by atoms with van der Waals surface area (Å²) in [7, 11) is 0. The second kappa shape index (κ2) is 8.48. The molecule has 0 amide bonds. The molecule has 98 valence electrons. The van der Waals surface area contributed by atoms with Crippen molar-refractivity contribution < 1.29 is 0 Å². The van der Waals surface area contributed by atoms with Crippen molar-refractivity contribution in [3.63, 3.8) is 0 Å². The van der Waals surface area contributed by atoms with Crippen LogP contribution in [0.25, 0.3) is 0 Å². The number of nitrogens with one attached hydrogen (secondary N) is 1. The lowest BCUT2D eigenvalue weighted by atomic mass is 10.2. The van der Waals surface area contributed by atoms with Crippen LogP contribution >= 0.6 is 0 Å². The molecule has 0 aliphatic carbocycles. The Balaban J connectivity index is 2.16. The molecule has 1 N–H and O–H groups in total. The molecule has 0 spiro atoms. The molecule has 0 aliphatic rings. The summed E-state index contributed by atoms with van der Waals surface area (Å²) in [5.41, 5.74) is 0.599. The normalized spacial score (nSPS) is 10.3. The lowest BCUT2D eigenvalue weighted by Gasteiger charge is -2.17. The van der Waals surface area contributed by atoms with Crippen LogP contribution in [0.4, 0.5) is 5.82 Å². The Labute approximate surface area is 110 Å². The first kappa shape index (κ1) is 14.5. The number of aromatic nitrogens is 1. The van der Waals surface area contributed by atoms with E-state index in [0.29, 0.717) is 5.56 Å². The van der Waals surface area contributed by atoms with Crippen molar-refractivity contribution in [1.29, 1.82) is 5.26 Å². The van der Waals surface area contributed by atoms with E-state index in [0.717, 1.165) is 38.4 Å². The molecule has 0 fully saturated rings. The van der Waals surface area contributed by atoms with E-state index in [9.17, 15) is 0 Å². The number of nitriles is 1. The summed E-state index contributed by atoms with van der Waals surface area (Å²) in [6.07, 6.45) is 3.93. The summed E-state index contributed by atoms with van der Waals surface area (Å²) in [6, 6.07) is 5.69. The molecule has 4 heteroatoms. The molecule has 18 heavy (non-hydrogen) atoms. The molecule has 4 nitrogen and oxygen atoms in total. The summed E-state index contributed by atoms with van der Waals surface area (Å²) in [5.74, 6) is 0.844. The first-order chi connectivity index (χ1) is 8.80. The number of hydrogen-bond acceptors (Lipinski definition) is 4. The zero-order valence-electron chi connectivity index (χ0n) is 11.3. The van der Waals surface area contributed by atoms with Gasteiger partial charge >= 0.3 is 0 Å². The molecular formula is C14H22N4. The number of rotatable bonds is 8. The van der Waals surface area contributed by atoms with Gasteiger partial charge < -0.3 is 10.2 Å². The van der Waals surface area contributed by atoms with Crippen LogP contribution in [0.2, 0.25) is 0 Å². The Morgan fingerprint density at radius 3 is 2.61 bits per heavy atom. The summed E-state index contributed by atoms with van der Waals surface area (Å²) < 4.78 is 0. The van der Waals surface area contributed by atoms with Gasteiger partial charge in [0.25, 0.3) is 0 Å². The fourth-order valence-electron chi connectivity index (χ4n) is 1.78. The van der Waals surface area contributed by atoms with Crippen LogP contribution in [0, 0.1) is 11.3 Å². The average Bonchev–Trinajstić information content (AvgIpc) is 2.43. The highest BCUT2D eigenvalue weighted by atomic mass is 15.1. The molecule has 1 aromatic rings. The molecule has 1 rings (SSSR count). The van der Waals surface area contributed by atoms with Gasteiger partial charge in [-0.25, -0.2) is 4.98 Å².